The fourth-order valence-electron chi connectivity index (χ4n) is 4.04. The van der Waals surface area contributed by atoms with E-state index in [-0.39, 0.29) is 17.8 Å². The predicted octanol–water partition coefficient (Wildman–Crippen LogP) is 2.43. The zero-order chi connectivity index (χ0) is 21.3. The first-order valence-electron chi connectivity index (χ1n) is 10.7. The molecule has 0 fully saturated rings. The van der Waals surface area contributed by atoms with Crippen molar-refractivity contribution in [2.24, 2.45) is 7.05 Å². The maximum Gasteiger partial charge on any atom is 0.332 e. The third-order valence-electron chi connectivity index (χ3n) is 5.73. The van der Waals surface area contributed by atoms with Crippen molar-refractivity contribution in [2.75, 3.05) is 24.7 Å². The van der Waals surface area contributed by atoms with Gasteiger partial charge in [0.25, 0.3) is 5.56 Å². The van der Waals surface area contributed by atoms with Crippen molar-refractivity contribution >= 4 is 22.8 Å². The highest BCUT2D eigenvalue weighted by Crippen LogP contribution is 2.31. The number of rotatable bonds is 8. The first-order valence-corrected chi connectivity index (χ1v) is 10.7. The number of hydrogen-bond acceptors (Lipinski definition) is 5. The van der Waals surface area contributed by atoms with E-state index in [4.69, 9.17) is 4.74 Å². The van der Waals surface area contributed by atoms with Gasteiger partial charge in [0.15, 0.2) is 11.2 Å². The quantitative estimate of drug-likeness (QED) is 0.532. The number of anilines is 2. The van der Waals surface area contributed by atoms with Gasteiger partial charge in [0.1, 0.15) is 0 Å². The minimum Gasteiger partial charge on any atom is -0.380 e. The summed E-state index contributed by atoms with van der Waals surface area (Å²) in [5.41, 5.74) is 2.61. The lowest BCUT2D eigenvalue weighted by molar-refractivity contribution is 0.137. The van der Waals surface area contributed by atoms with Crippen LogP contribution in [0.3, 0.4) is 0 Å². The van der Waals surface area contributed by atoms with Crippen molar-refractivity contribution < 1.29 is 4.74 Å². The molecule has 0 N–H and O–H groups in total. The number of hydrogen-bond donors (Lipinski definition) is 0. The molecule has 0 amide bonds. The van der Waals surface area contributed by atoms with Crippen LogP contribution in [0.4, 0.5) is 11.6 Å². The Hall–Kier alpha value is -2.87. The normalized spacial score (nSPS) is 13.4. The molecule has 160 valence electrons. The number of fused-ring (bicyclic) bond motifs is 3. The van der Waals surface area contributed by atoms with E-state index in [0.717, 1.165) is 18.7 Å². The van der Waals surface area contributed by atoms with Crippen LogP contribution < -0.4 is 16.1 Å². The lowest BCUT2D eigenvalue weighted by atomic mass is 10.1. The number of unbranched alkanes of at least 4 members (excludes halogenated alkanes) is 1. The maximum atomic E-state index is 13.1. The highest BCUT2D eigenvalue weighted by Gasteiger charge is 2.28. The minimum atomic E-state index is -0.365. The largest absolute Gasteiger partial charge is 0.380 e. The minimum absolute atomic E-state index is 0.235. The van der Waals surface area contributed by atoms with E-state index in [1.807, 2.05) is 11.5 Å². The van der Waals surface area contributed by atoms with Crippen LogP contribution in [0.25, 0.3) is 11.2 Å². The van der Waals surface area contributed by atoms with E-state index in [1.165, 1.54) is 27.5 Å². The molecule has 0 radical (unpaired) electrons. The maximum absolute atomic E-state index is 13.1. The van der Waals surface area contributed by atoms with Crippen LogP contribution in [0, 0.1) is 0 Å². The van der Waals surface area contributed by atoms with Gasteiger partial charge in [0.05, 0.1) is 13.2 Å². The second kappa shape index (κ2) is 8.47. The Morgan fingerprint density at radius 2 is 1.87 bits per heavy atom. The molecule has 0 aliphatic carbocycles. The molecule has 0 bridgehead atoms. The summed E-state index contributed by atoms with van der Waals surface area (Å²) in [4.78, 5) is 32.6. The topological polar surface area (TPSA) is 74.3 Å². The molecular formula is C22H29N5O3. The molecule has 0 unspecified atom stereocenters. The molecule has 8 heteroatoms. The van der Waals surface area contributed by atoms with Crippen LogP contribution in [0.5, 0.6) is 0 Å². The van der Waals surface area contributed by atoms with Crippen LogP contribution in [-0.2, 0) is 31.3 Å². The first kappa shape index (κ1) is 20.4. The van der Waals surface area contributed by atoms with Gasteiger partial charge >= 0.3 is 5.69 Å². The van der Waals surface area contributed by atoms with Crippen molar-refractivity contribution in [1.29, 1.82) is 0 Å². The van der Waals surface area contributed by atoms with Gasteiger partial charge in [-0.1, -0.05) is 25.5 Å². The zero-order valence-electron chi connectivity index (χ0n) is 17.9. The standard InChI is InChI=1S/C22H29N5O3/c1-4-6-7-16-8-10-17(11-9-16)25-12-13-26-18-19(23-21(25)26)24(3)22(29)27(20(18)28)14-15-30-5-2/h8-11H,4-7,12-15H2,1-3H3. The average molecular weight is 412 g/mol. The van der Waals surface area contributed by atoms with E-state index in [2.05, 4.69) is 41.1 Å². The summed E-state index contributed by atoms with van der Waals surface area (Å²) in [6.45, 7) is 6.59. The summed E-state index contributed by atoms with van der Waals surface area (Å²) in [7, 11) is 1.66. The van der Waals surface area contributed by atoms with Gasteiger partial charge in [-0.2, -0.15) is 4.98 Å². The van der Waals surface area contributed by atoms with Crippen LogP contribution in [0.1, 0.15) is 32.3 Å². The third kappa shape index (κ3) is 3.45. The van der Waals surface area contributed by atoms with E-state index >= 15 is 0 Å². The van der Waals surface area contributed by atoms with Crippen molar-refractivity contribution in [3.63, 3.8) is 0 Å². The van der Waals surface area contributed by atoms with E-state index in [0.29, 0.717) is 36.9 Å². The van der Waals surface area contributed by atoms with Crippen molar-refractivity contribution in [2.45, 2.75) is 46.2 Å². The van der Waals surface area contributed by atoms with Crippen LogP contribution >= 0.6 is 0 Å². The molecule has 2 aromatic heterocycles. The number of benzene rings is 1. The summed E-state index contributed by atoms with van der Waals surface area (Å²) < 4.78 is 9.98. The van der Waals surface area contributed by atoms with Crippen molar-refractivity contribution in [3.8, 4) is 0 Å². The Kier molecular flexibility index (Phi) is 5.76. The fourth-order valence-corrected chi connectivity index (χ4v) is 4.04. The summed E-state index contributed by atoms with van der Waals surface area (Å²) in [6, 6.07) is 8.54. The molecule has 0 saturated heterocycles. The number of nitrogens with zero attached hydrogens (tertiary/aromatic N) is 5. The molecule has 30 heavy (non-hydrogen) atoms. The van der Waals surface area contributed by atoms with Crippen LogP contribution in [0.2, 0.25) is 0 Å². The van der Waals surface area contributed by atoms with Crippen molar-refractivity contribution in [3.05, 3.63) is 50.7 Å². The molecule has 0 spiro atoms. The SMILES string of the molecule is CCCCc1ccc(N2CCn3c2nc2c3c(=O)n(CCOCC)c(=O)n2C)cc1. The Bertz CT molecular complexity index is 1160. The number of aromatic nitrogens is 4. The van der Waals surface area contributed by atoms with E-state index in [1.54, 1.807) is 7.05 Å². The van der Waals surface area contributed by atoms with Gasteiger partial charge in [-0.25, -0.2) is 4.79 Å². The average Bonchev–Trinajstić information content (AvgIpc) is 3.33. The summed E-state index contributed by atoms with van der Waals surface area (Å²) >= 11 is 0. The van der Waals surface area contributed by atoms with Gasteiger partial charge in [-0.05, 0) is 37.5 Å². The molecule has 1 aliphatic heterocycles. The lowest BCUT2D eigenvalue weighted by Gasteiger charge is -2.16. The highest BCUT2D eigenvalue weighted by molar-refractivity contribution is 5.77. The van der Waals surface area contributed by atoms with Gasteiger partial charge in [0.2, 0.25) is 5.95 Å². The Morgan fingerprint density at radius 1 is 1.10 bits per heavy atom. The lowest BCUT2D eigenvalue weighted by Crippen LogP contribution is -2.40. The molecule has 0 atom stereocenters. The van der Waals surface area contributed by atoms with Crippen LogP contribution in [0.15, 0.2) is 33.9 Å². The van der Waals surface area contributed by atoms with Crippen molar-refractivity contribution in [1.82, 2.24) is 18.7 Å². The number of ether oxygens (including phenoxy) is 1. The molecule has 1 aromatic carbocycles. The molecule has 3 aromatic rings. The Balaban J connectivity index is 1.73. The molecule has 3 heterocycles. The van der Waals surface area contributed by atoms with Gasteiger partial charge in [0, 0.05) is 32.4 Å². The number of aryl methyl sites for hydroxylation is 2. The summed E-state index contributed by atoms with van der Waals surface area (Å²) in [6.07, 6.45) is 3.44. The smallest absolute Gasteiger partial charge is 0.332 e. The fraction of sp³-hybridized carbons (Fsp3) is 0.500. The summed E-state index contributed by atoms with van der Waals surface area (Å²) in [5.74, 6) is 0.709. The number of imidazole rings is 1. The predicted molar refractivity (Wildman–Crippen MR) is 118 cm³/mol. The summed E-state index contributed by atoms with van der Waals surface area (Å²) in [5, 5.41) is 0. The van der Waals surface area contributed by atoms with Gasteiger partial charge in [-0.15, -0.1) is 0 Å². The third-order valence-corrected chi connectivity index (χ3v) is 5.73. The molecule has 8 nitrogen and oxygen atoms in total. The molecule has 1 aliphatic rings. The second-order valence-corrected chi connectivity index (χ2v) is 7.65. The molecule has 0 saturated carbocycles. The highest BCUT2D eigenvalue weighted by atomic mass is 16.5. The monoisotopic (exact) mass is 411 g/mol. The van der Waals surface area contributed by atoms with E-state index in [9.17, 15) is 9.59 Å². The first-order chi connectivity index (χ1) is 14.6. The second-order valence-electron chi connectivity index (χ2n) is 7.65. The zero-order valence-corrected chi connectivity index (χ0v) is 17.9. The van der Waals surface area contributed by atoms with E-state index < -0.39 is 0 Å². The Labute approximate surface area is 175 Å². The molecule has 4 rings (SSSR count). The molecular weight excluding hydrogens is 382 g/mol. The van der Waals surface area contributed by atoms with Gasteiger partial charge in [-0.3, -0.25) is 13.9 Å². The Morgan fingerprint density at radius 3 is 2.57 bits per heavy atom. The van der Waals surface area contributed by atoms with Gasteiger partial charge < -0.3 is 14.2 Å². The van der Waals surface area contributed by atoms with Crippen LogP contribution in [-0.4, -0.2) is 38.4 Å².